The van der Waals surface area contributed by atoms with Crippen LogP contribution in [-0.4, -0.2) is 11.9 Å². The van der Waals surface area contributed by atoms with Crippen LogP contribution in [0.3, 0.4) is 0 Å². The zero-order valence-corrected chi connectivity index (χ0v) is 11.3. The topological polar surface area (TPSA) is 55.1 Å². The van der Waals surface area contributed by atoms with Crippen molar-refractivity contribution in [3.8, 4) is 0 Å². The molecule has 1 aromatic carbocycles. The maximum absolute atomic E-state index is 12.9. The Kier molecular flexibility index (Phi) is 4.25. The van der Waals surface area contributed by atoms with Crippen LogP contribution in [0.25, 0.3) is 0 Å². The predicted octanol–water partition coefficient (Wildman–Crippen LogP) is 3.42. The largest absolute Gasteiger partial charge is 0.418 e. The SMILES string of the molecule is NC1CCCC1C(=O)Nc1c(Cl)cccc1C(F)(F)F. The van der Waals surface area contributed by atoms with Gasteiger partial charge in [0.05, 0.1) is 22.2 Å². The first kappa shape index (κ1) is 15.1. The van der Waals surface area contributed by atoms with E-state index in [0.717, 1.165) is 12.5 Å². The van der Waals surface area contributed by atoms with Crippen LogP contribution < -0.4 is 11.1 Å². The lowest BCUT2D eigenvalue weighted by Gasteiger charge is -2.19. The normalized spacial score (nSPS) is 22.9. The number of carbonyl (C=O) groups is 1. The minimum absolute atomic E-state index is 0.139. The van der Waals surface area contributed by atoms with Crippen molar-refractivity contribution in [3.63, 3.8) is 0 Å². The number of amides is 1. The zero-order valence-electron chi connectivity index (χ0n) is 10.5. The molecule has 1 aromatic rings. The van der Waals surface area contributed by atoms with Crippen LogP contribution >= 0.6 is 11.6 Å². The molecular weight excluding hydrogens is 293 g/mol. The van der Waals surface area contributed by atoms with E-state index in [2.05, 4.69) is 5.32 Å². The monoisotopic (exact) mass is 306 g/mol. The molecule has 0 saturated heterocycles. The third kappa shape index (κ3) is 3.07. The molecule has 20 heavy (non-hydrogen) atoms. The van der Waals surface area contributed by atoms with Gasteiger partial charge in [0.1, 0.15) is 0 Å². The number of hydrogen-bond donors (Lipinski definition) is 2. The summed E-state index contributed by atoms with van der Waals surface area (Å²) in [5.74, 6) is -0.971. The summed E-state index contributed by atoms with van der Waals surface area (Å²) in [6, 6.07) is 3.07. The first-order valence-corrected chi connectivity index (χ1v) is 6.60. The molecule has 0 aliphatic heterocycles. The van der Waals surface area contributed by atoms with Crippen LogP contribution in [-0.2, 0) is 11.0 Å². The van der Waals surface area contributed by atoms with Gasteiger partial charge in [-0.25, -0.2) is 0 Å². The van der Waals surface area contributed by atoms with Crippen molar-refractivity contribution in [2.75, 3.05) is 5.32 Å². The molecule has 3 nitrogen and oxygen atoms in total. The first-order valence-electron chi connectivity index (χ1n) is 6.23. The number of hydrogen-bond acceptors (Lipinski definition) is 2. The lowest BCUT2D eigenvalue weighted by molar-refractivity contribution is -0.137. The summed E-state index contributed by atoms with van der Waals surface area (Å²) >= 11 is 5.78. The minimum atomic E-state index is -4.58. The predicted molar refractivity (Wildman–Crippen MR) is 70.4 cm³/mol. The van der Waals surface area contributed by atoms with Crippen LogP contribution in [0.1, 0.15) is 24.8 Å². The highest BCUT2D eigenvalue weighted by Gasteiger charge is 2.36. The van der Waals surface area contributed by atoms with Gasteiger partial charge in [-0.05, 0) is 25.0 Å². The minimum Gasteiger partial charge on any atom is -0.327 e. The summed E-state index contributed by atoms with van der Waals surface area (Å²) in [6.07, 6.45) is -2.50. The van der Waals surface area contributed by atoms with Crippen molar-refractivity contribution in [2.45, 2.75) is 31.5 Å². The van der Waals surface area contributed by atoms with Crippen molar-refractivity contribution < 1.29 is 18.0 Å². The molecule has 2 atom stereocenters. The van der Waals surface area contributed by atoms with E-state index >= 15 is 0 Å². The van der Waals surface area contributed by atoms with Crippen LogP contribution in [0.2, 0.25) is 5.02 Å². The van der Waals surface area contributed by atoms with Gasteiger partial charge in [-0.2, -0.15) is 13.2 Å². The Bertz CT molecular complexity index is 519. The van der Waals surface area contributed by atoms with E-state index in [4.69, 9.17) is 17.3 Å². The lowest BCUT2D eigenvalue weighted by atomic mass is 10.0. The highest BCUT2D eigenvalue weighted by molar-refractivity contribution is 6.34. The molecule has 2 rings (SSSR count). The number of rotatable bonds is 2. The Hall–Kier alpha value is -1.27. The molecule has 1 saturated carbocycles. The molecule has 0 radical (unpaired) electrons. The molecular formula is C13H14ClF3N2O. The van der Waals surface area contributed by atoms with Gasteiger partial charge < -0.3 is 11.1 Å². The molecule has 1 aliphatic rings. The fourth-order valence-electron chi connectivity index (χ4n) is 2.42. The molecule has 0 bridgehead atoms. The quantitative estimate of drug-likeness (QED) is 0.879. The van der Waals surface area contributed by atoms with Crippen molar-refractivity contribution >= 4 is 23.2 Å². The molecule has 2 unspecified atom stereocenters. The number of para-hydroxylation sites is 1. The molecule has 1 aliphatic carbocycles. The molecule has 110 valence electrons. The average Bonchev–Trinajstić information content (AvgIpc) is 2.76. The van der Waals surface area contributed by atoms with Gasteiger partial charge in [-0.15, -0.1) is 0 Å². The summed E-state index contributed by atoms with van der Waals surface area (Å²) < 4.78 is 38.7. The summed E-state index contributed by atoms with van der Waals surface area (Å²) in [7, 11) is 0. The van der Waals surface area contributed by atoms with Crippen LogP contribution in [0.15, 0.2) is 18.2 Å². The van der Waals surface area contributed by atoms with E-state index in [9.17, 15) is 18.0 Å². The van der Waals surface area contributed by atoms with Gasteiger partial charge in [0.25, 0.3) is 0 Å². The van der Waals surface area contributed by atoms with Gasteiger partial charge in [0.2, 0.25) is 5.91 Å². The van der Waals surface area contributed by atoms with E-state index in [1.54, 1.807) is 0 Å². The molecule has 1 fully saturated rings. The van der Waals surface area contributed by atoms with Crippen molar-refractivity contribution in [3.05, 3.63) is 28.8 Å². The Morgan fingerprint density at radius 2 is 2.05 bits per heavy atom. The molecule has 0 spiro atoms. The number of carbonyl (C=O) groups excluding carboxylic acids is 1. The van der Waals surface area contributed by atoms with Gasteiger partial charge in [-0.3, -0.25) is 4.79 Å². The Balaban J connectivity index is 2.27. The van der Waals surface area contributed by atoms with E-state index in [0.29, 0.717) is 12.8 Å². The second kappa shape index (κ2) is 5.61. The second-order valence-electron chi connectivity index (χ2n) is 4.85. The fraction of sp³-hybridized carbons (Fsp3) is 0.462. The Morgan fingerprint density at radius 3 is 2.60 bits per heavy atom. The third-order valence-corrected chi connectivity index (χ3v) is 3.79. The first-order chi connectivity index (χ1) is 9.30. The number of alkyl halides is 3. The van der Waals surface area contributed by atoms with Gasteiger partial charge >= 0.3 is 6.18 Å². The van der Waals surface area contributed by atoms with E-state index in [1.807, 2.05) is 0 Å². The summed E-state index contributed by atoms with van der Waals surface area (Å²) in [4.78, 5) is 12.0. The van der Waals surface area contributed by atoms with Gasteiger partial charge in [-0.1, -0.05) is 24.1 Å². The van der Waals surface area contributed by atoms with Crippen molar-refractivity contribution in [1.29, 1.82) is 0 Å². The highest BCUT2D eigenvalue weighted by Crippen LogP contribution is 2.39. The van der Waals surface area contributed by atoms with E-state index in [-0.39, 0.29) is 11.1 Å². The van der Waals surface area contributed by atoms with Crippen LogP contribution in [0.5, 0.6) is 0 Å². The number of benzene rings is 1. The van der Waals surface area contributed by atoms with Gasteiger partial charge in [0, 0.05) is 6.04 Å². The maximum atomic E-state index is 12.9. The molecule has 3 N–H and O–H groups in total. The second-order valence-corrected chi connectivity index (χ2v) is 5.26. The maximum Gasteiger partial charge on any atom is 0.418 e. The molecule has 7 heteroatoms. The Morgan fingerprint density at radius 1 is 1.35 bits per heavy atom. The van der Waals surface area contributed by atoms with E-state index < -0.39 is 29.3 Å². The highest BCUT2D eigenvalue weighted by atomic mass is 35.5. The van der Waals surface area contributed by atoms with Crippen LogP contribution in [0, 0.1) is 5.92 Å². The zero-order chi connectivity index (χ0) is 14.9. The molecule has 0 heterocycles. The summed E-state index contributed by atoms with van der Waals surface area (Å²) in [6.45, 7) is 0. The fourth-order valence-corrected chi connectivity index (χ4v) is 2.64. The number of nitrogens with two attached hydrogens (primary N) is 1. The third-order valence-electron chi connectivity index (χ3n) is 3.47. The lowest BCUT2D eigenvalue weighted by Crippen LogP contribution is -2.34. The number of nitrogens with one attached hydrogen (secondary N) is 1. The van der Waals surface area contributed by atoms with Crippen molar-refractivity contribution in [2.24, 2.45) is 11.7 Å². The summed E-state index contributed by atoms with van der Waals surface area (Å²) in [5.41, 5.74) is 4.43. The number of anilines is 1. The van der Waals surface area contributed by atoms with Gasteiger partial charge in [0.15, 0.2) is 0 Å². The van der Waals surface area contributed by atoms with Crippen molar-refractivity contribution in [1.82, 2.24) is 0 Å². The van der Waals surface area contributed by atoms with Crippen LogP contribution in [0.4, 0.5) is 18.9 Å². The van der Waals surface area contributed by atoms with E-state index in [1.165, 1.54) is 12.1 Å². The molecule has 1 amide bonds. The average molecular weight is 307 g/mol. The summed E-state index contributed by atoms with van der Waals surface area (Å²) in [5, 5.41) is 2.15. The standard InChI is InChI=1S/C13H14ClF3N2O/c14-9-5-2-4-8(13(15,16)17)11(9)19-12(20)7-3-1-6-10(7)18/h2,4-5,7,10H,1,3,6,18H2,(H,19,20). The smallest absolute Gasteiger partial charge is 0.327 e. The number of halogens is 4. The Labute approximate surface area is 119 Å². The molecule has 0 aromatic heterocycles.